The second-order valence-electron chi connectivity index (χ2n) is 6.52. The maximum absolute atomic E-state index is 12.2. The third-order valence-electron chi connectivity index (χ3n) is 4.24. The van der Waals surface area contributed by atoms with Crippen LogP contribution in [0.5, 0.6) is 11.5 Å². The van der Waals surface area contributed by atoms with Crippen LogP contribution < -0.4 is 14.8 Å². The Kier molecular flexibility index (Phi) is 6.92. The van der Waals surface area contributed by atoms with Gasteiger partial charge in [0.15, 0.2) is 6.10 Å². The molecule has 0 saturated heterocycles. The summed E-state index contributed by atoms with van der Waals surface area (Å²) in [5.74, 6) is 1.26. The molecule has 1 N–H and O–H groups in total. The van der Waals surface area contributed by atoms with Crippen molar-refractivity contribution in [1.82, 2.24) is 5.32 Å². The highest BCUT2D eigenvalue weighted by Gasteiger charge is 2.15. The molecule has 26 heavy (non-hydrogen) atoms. The van der Waals surface area contributed by atoms with E-state index in [9.17, 15) is 4.79 Å². The summed E-state index contributed by atoms with van der Waals surface area (Å²) in [5.41, 5.74) is 4.26. The van der Waals surface area contributed by atoms with Gasteiger partial charge in [-0.3, -0.25) is 4.79 Å². The van der Waals surface area contributed by atoms with Gasteiger partial charge in [-0.15, -0.1) is 0 Å². The molecule has 0 radical (unpaired) electrons. The van der Waals surface area contributed by atoms with E-state index in [1.54, 1.807) is 6.92 Å². The van der Waals surface area contributed by atoms with Crippen molar-refractivity contribution < 1.29 is 14.3 Å². The van der Waals surface area contributed by atoms with E-state index in [1.165, 1.54) is 11.1 Å². The number of hydrogen-bond acceptors (Lipinski definition) is 3. The normalized spacial score (nSPS) is 11.8. The highest BCUT2D eigenvalue weighted by Crippen LogP contribution is 2.26. The second-order valence-corrected chi connectivity index (χ2v) is 6.89. The standard InChI is InChI=1S/C21H26ClNO3/c1-13-6-7-18(10-14(13)2)25-9-8-23-21(24)17(5)26-19-11-15(3)20(22)16(4)12-19/h6-7,10-12,17H,8-9H2,1-5H3,(H,23,24)/t17-/m0/s1. The van der Waals surface area contributed by atoms with Gasteiger partial charge in [0.05, 0.1) is 6.54 Å². The molecule has 2 aromatic rings. The van der Waals surface area contributed by atoms with Crippen molar-refractivity contribution in [3.05, 3.63) is 57.6 Å². The van der Waals surface area contributed by atoms with Crippen LogP contribution in [0.1, 0.15) is 29.2 Å². The number of nitrogens with one attached hydrogen (secondary N) is 1. The van der Waals surface area contributed by atoms with Crippen LogP contribution in [-0.4, -0.2) is 25.2 Å². The number of halogens is 1. The Morgan fingerprint density at radius 3 is 2.23 bits per heavy atom. The summed E-state index contributed by atoms with van der Waals surface area (Å²) in [6.45, 7) is 10.5. The minimum absolute atomic E-state index is 0.182. The molecule has 0 aliphatic carbocycles. The molecule has 5 heteroatoms. The zero-order chi connectivity index (χ0) is 19.3. The van der Waals surface area contributed by atoms with E-state index in [0.717, 1.165) is 21.9 Å². The van der Waals surface area contributed by atoms with Crippen LogP contribution in [0.25, 0.3) is 0 Å². The number of carbonyl (C=O) groups excluding carboxylic acids is 1. The molecule has 1 amide bonds. The average molecular weight is 376 g/mol. The molecule has 0 aliphatic rings. The van der Waals surface area contributed by atoms with Crippen molar-refractivity contribution in [2.24, 2.45) is 0 Å². The van der Waals surface area contributed by atoms with Crippen molar-refractivity contribution >= 4 is 17.5 Å². The SMILES string of the molecule is Cc1ccc(OCCNC(=O)[C@H](C)Oc2cc(C)c(Cl)c(C)c2)cc1C. The predicted octanol–water partition coefficient (Wildman–Crippen LogP) is 4.54. The first kappa shape index (κ1) is 20.1. The van der Waals surface area contributed by atoms with Gasteiger partial charge in [-0.1, -0.05) is 17.7 Å². The third kappa shape index (κ3) is 5.40. The molecule has 0 saturated carbocycles. The van der Waals surface area contributed by atoms with E-state index in [0.29, 0.717) is 18.9 Å². The molecule has 0 aliphatic heterocycles. The quantitative estimate of drug-likeness (QED) is 0.723. The van der Waals surface area contributed by atoms with Crippen molar-refractivity contribution in [2.45, 2.75) is 40.7 Å². The summed E-state index contributed by atoms with van der Waals surface area (Å²) >= 11 is 6.15. The molecule has 140 valence electrons. The topological polar surface area (TPSA) is 47.6 Å². The van der Waals surface area contributed by atoms with Gasteiger partial charge < -0.3 is 14.8 Å². The van der Waals surface area contributed by atoms with E-state index in [4.69, 9.17) is 21.1 Å². The maximum Gasteiger partial charge on any atom is 0.260 e. The summed E-state index contributed by atoms with van der Waals surface area (Å²) in [6.07, 6.45) is -0.600. The van der Waals surface area contributed by atoms with Crippen LogP contribution >= 0.6 is 11.6 Å². The molecular weight excluding hydrogens is 350 g/mol. The lowest BCUT2D eigenvalue weighted by atomic mass is 10.1. The van der Waals surface area contributed by atoms with E-state index in [2.05, 4.69) is 12.2 Å². The number of aryl methyl sites for hydroxylation is 4. The average Bonchev–Trinajstić information content (AvgIpc) is 2.59. The molecule has 4 nitrogen and oxygen atoms in total. The fourth-order valence-electron chi connectivity index (χ4n) is 2.52. The summed E-state index contributed by atoms with van der Waals surface area (Å²) < 4.78 is 11.4. The minimum Gasteiger partial charge on any atom is -0.492 e. The fraction of sp³-hybridized carbons (Fsp3) is 0.381. The van der Waals surface area contributed by atoms with Crippen LogP contribution in [0.3, 0.4) is 0 Å². The minimum atomic E-state index is -0.600. The van der Waals surface area contributed by atoms with E-state index < -0.39 is 6.10 Å². The van der Waals surface area contributed by atoms with Gasteiger partial charge in [-0.25, -0.2) is 0 Å². The number of ether oxygens (including phenoxy) is 2. The van der Waals surface area contributed by atoms with Gasteiger partial charge in [0.25, 0.3) is 5.91 Å². The number of hydrogen-bond donors (Lipinski definition) is 1. The molecule has 2 aromatic carbocycles. The van der Waals surface area contributed by atoms with Gasteiger partial charge in [-0.05, 0) is 81.1 Å². The van der Waals surface area contributed by atoms with E-state index in [-0.39, 0.29) is 5.91 Å². The van der Waals surface area contributed by atoms with E-state index >= 15 is 0 Å². The highest BCUT2D eigenvalue weighted by molar-refractivity contribution is 6.32. The van der Waals surface area contributed by atoms with Gasteiger partial charge >= 0.3 is 0 Å². The lowest BCUT2D eigenvalue weighted by molar-refractivity contribution is -0.127. The van der Waals surface area contributed by atoms with Crippen LogP contribution in [0, 0.1) is 27.7 Å². The molecule has 0 heterocycles. The third-order valence-corrected chi connectivity index (χ3v) is 4.84. The largest absolute Gasteiger partial charge is 0.492 e. The van der Waals surface area contributed by atoms with Crippen LogP contribution in [0.15, 0.2) is 30.3 Å². The van der Waals surface area contributed by atoms with Crippen molar-refractivity contribution in [1.29, 1.82) is 0 Å². The molecule has 0 spiro atoms. The van der Waals surface area contributed by atoms with Gasteiger partial charge in [0, 0.05) is 5.02 Å². The smallest absolute Gasteiger partial charge is 0.260 e. The van der Waals surface area contributed by atoms with Crippen LogP contribution in [0.2, 0.25) is 5.02 Å². The van der Waals surface area contributed by atoms with E-state index in [1.807, 2.05) is 51.1 Å². The summed E-state index contributed by atoms with van der Waals surface area (Å²) in [5, 5.41) is 3.54. The molecule has 0 fully saturated rings. The predicted molar refractivity (Wildman–Crippen MR) is 105 cm³/mol. The Morgan fingerprint density at radius 1 is 1.00 bits per heavy atom. The highest BCUT2D eigenvalue weighted by atomic mass is 35.5. The first-order valence-corrected chi connectivity index (χ1v) is 9.07. The van der Waals surface area contributed by atoms with Crippen molar-refractivity contribution in [3.63, 3.8) is 0 Å². The number of amides is 1. The fourth-order valence-corrected chi connectivity index (χ4v) is 2.63. The summed E-state index contributed by atoms with van der Waals surface area (Å²) in [7, 11) is 0. The number of benzene rings is 2. The van der Waals surface area contributed by atoms with Gasteiger partial charge in [0.2, 0.25) is 0 Å². The summed E-state index contributed by atoms with van der Waals surface area (Å²) in [4.78, 5) is 12.2. The van der Waals surface area contributed by atoms with Crippen molar-refractivity contribution in [3.8, 4) is 11.5 Å². The summed E-state index contributed by atoms with van der Waals surface area (Å²) in [6, 6.07) is 9.62. The Labute approximate surface area is 160 Å². The molecule has 0 bridgehead atoms. The van der Waals surface area contributed by atoms with Crippen LogP contribution in [0.4, 0.5) is 0 Å². The lowest BCUT2D eigenvalue weighted by Gasteiger charge is -2.16. The number of rotatable bonds is 7. The Hall–Kier alpha value is -2.20. The molecule has 0 unspecified atom stereocenters. The monoisotopic (exact) mass is 375 g/mol. The van der Waals surface area contributed by atoms with Crippen molar-refractivity contribution in [2.75, 3.05) is 13.2 Å². The maximum atomic E-state index is 12.2. The van der Waals surface area contributed by atoms with Gasteiger partial charge in [-0.2, -0.15) is 0 Å². The molecule has 0 aromatic heterocycles. The Balaban J connectivity index is 1.79. The zero-order valence-electron chi connectivity index (χ0n) is 16.0. The Morgan fingerprint density at radius 2 is 1.62 bits per heavy atom. The zero-order valence-corrected chi connectivity index (χ0v) is 16.7. The molecule has 1 atom stereocenters. The molecule has 2 rings (SSSR count). The first-order chi connectivity index (χ1) is 12.3. The molecular formula is C21H26ClNO3. The van der Waals surface area contributed by atoms with Gasteiger partial charge in [0.1, 0.15) is 18.1 Å². The first-order valence-electron chi connectivity index (χ1n) is 8.69. The second kappa shape index (κ2) is 8.95. The van der Waals surface area contributed by atoms with Crippen LogP contribution in [-0.2, 0) is 4.79 Å². The number of carbonyl (C=O) groups is 1. The lowest BCUT2D eigenvalue weighted by Crippen LogP contribution is -2.38. The Bertz CT molecular complexity index is 766.